The molecule has 0 radical (unpaired) electrons. The summed E-state index contributed by atoms with van der Waals surface area (Å²) in [7, 11) is 1.62. The Morgan fingerprint density at radius 1 is 1.06 bits per heavy atom. The highest BCUT2D eigenvalue weighted by molar-refractivity contribution is 5.77. The number of rotatable bonds is 11. The molecule has 102 valence electrons. The number of amides is 1. The van der Waals surface area contributed by atoms with Gasteiger partial charge in [-0.2, -0.15) is 0 Å². The van der Waals surface area contributed by atoms with E-state index in [2.05, 4.69) is 13.8 Å². The number of hydrogen-bond acceptors (Lipinski definition) is 3. The topological polar surface area (TPSA) is 38.8 Å². The largest absolute Gasteiger partial charge is 0.382 e. The highest BCUT2D eigenvalue weighted by Gasteiger charge is 2.12. The van der Waals surface area contributed by atoms with Crippen molar-refractivity contribution in [3.63, 3.8) is 0 Å². The molecule has 0 fully saturated rings. The highest BCUT2D eigenvalue weighted by Crippen LogP contribution is 2.00. The molecule has 4 heteroatoms. The zero-order valence-corrected chi connectivity index (χ0v) is 11.5. The van der Waals surface area contributed by atoms with E-state index in [0.29, 0.717) is 13.2 Å². The third kappa shape index (κ3) is 9.12. The lowest BCUT2D eigenvalue weighted by Gasteiger charge is -2.22. The second kappa shape index (κ2) is 11.9. The first-order chi connectivity index (χ1) is 8.26. The molecule has 0 saturated carbocycles. The predicted octanol–water partition coefficient (Wildman–Crippen LogP) is 2.08. The Morgan fingerprint density at radius 3 is 2.12 bits per heavy atom. The van der Waals surface area contributed by atoms with Crippen LogP contribution in [0.4, 0.5) is 0 Å². The van der Waals surface area contributed by atoms with Gasteiger partial charge in [0.05, 0.1) is 13.2 Å². The Bertz CT molecular complexity index is 178. The van der Waals surface area contributed by atoms with Crippen LogP contribution in [0.5, 0.6) is 0 Å². The summed E-state index contributed by atoms with van der Waals surface area (Å²) < 4.78 is 10.1. The summed E-state index contributed by atoms with van der Waals surface area (Å²) in [6.45, 7) is 7.17. The molecule has 0 aromatic carbocycles. The van der Waals surface area contributed by atoms with Crippen molar-refractivity contribution in [2.24, 2.45) is 0 Å². The third-order valence-corrected chi connectivity index (χ3v) is 2.57. The van der Waals surface area contributed by atoms with E-state index in [1.807, 2.05) is 4.90 Å². The first-order valence-electron chi connectivity index (χ1n) is 6.60. The normalized spacial score (nSPS) is 10.5. The van der Waals surface area contributed by atoms with Crippen LogP contribution in [0.2, 0.25) is 0 Å². The molecule has 0 aliphatic heterocycles. The average Bonchev–Trinajstić information content (AvgIpc) is 2.34. The molecule has 0 aliphatic carbocycles. The van der Waals surface area contributed by atoms with Crippen LogP contribution in [0.1, 0.15) is 39.5 Å². The van der Waals surface area contributed by atoms with Gasteiger partial charge >= 0.3 is 0 Å². The molecule has 0 saturated heterocycles. The van der Waals surface area contributed by atoms with Gasteiger partial charge in [0.2, 0.25) is 5.91 Å². The molecule has 1 amide bonds. The van der Waals surface area contributed by atoms with Crippen LogP contribution in [-0.2, 0) is 14.3 Å². The van der Waals surface area contributed by atoms with E-state index in [1.165, 1.54) is 0 Å². The summed E-state index contributed by atoms with van der Waals surface area (Å²) in [5, 5.41) is 0. The monoisotopic (exact) mass is 245 g/mol. The van der Waals surface area contributed by atoms with E-state index in [0.717, 1.165) is 38.8 Å². The molecule has 17 heavy (non-hydrogen) atoms. The number of hydrogen-bond donors (Lipinski definition) is 0. The van der Waals surface area contributed by atoms with E-state index in [1.54, 1.807) is 7.11 Å². The van der Waals surface area contributed by atoms with Crippen molar-refractivity contribution in [3.05, 3.63) is 0 Å². The SMILES string of the molecule is CCCCN(CCCC)C(=O)COCCOC. The maximum Gasteiger partial charge on any atom is 0.248 e. The van der Waals surface area contributed by atoms with Crippen LogP contribution in [0.3, 0.4) is 0 Å². The number of carbonyl (C=O) groups excluding carboxylic acids is 1. The highest BCUT2D eigenvalue weighted by atomic mass is 16.5. The molecule has 0 unspecified atom stereocenters. The Labute approximate surface area is 105 Å². The molecular weight excluding hydrogens is 218 g/mol. The molecule has 0 N–H and O–H groups in total. The maximum atomic E-state index is 11.9. The minimum Gasteiger partial charge on any atom is -0.382 e. The van der Waals surface area contributed by atoms with Crippen LogP contribution in [0.15, 0.2) is 0 Å². The molecule has 0 aromatic heterocycles. The molecule has 0 spiro atoms. The Morgan fingerprint density at radius 2 is 1.65 bits per heavy atom. The van der Waals surface area contributed by atoms with Crippen LogP contribution < -0.4 is 0 Å². The van der Waals surface area contributed by atoms with Crippen molar-refractivity contribution in [2.75, 3.05) is 40.0 Å². The fraction of sp³-hybridized carbons (Fsp3) is 0.923. The fourth-order valence-electron chi connectivity index (χ4n) is 1.45. The summed E-state index contributed by atoms with van der Waals surface area (Å²) in [6, 6.07) is 0. The zero-order valence-electron chi connectivity index (χ0n) is 11.5. The summed E-state index contributed by atoms with van der Waals surface area (Å²) in [4.78, 5) is 13.8. The van der Waals surface area contributed by atoms with Crippen molar-refractivity contribution in [1.82, 2.24) is 4.90 Å². The van der Waals surface area contributed by atoms with Gasteiger partial charge in [0.25, 0.3) is 0 Å². The molecular formula is C13H27NO3. The summed E-state index contributed by atoms with van der Waals surface area (Å²) in [5.74, 6) is 0.100. The second-order valence-corrected chi connectivity index (χ2v) is 4.13. The van der Waals surface area contributed by atoms with Gasteiger partial charge in [-0.05, 0) is 12.8 Å². The van der Waals surface area contributed by atoms with Gasteiger partial charge in [0.15, 0.2) is 0 Å². The molecule has 0 rings (SSSR count). The maximum absolute atomic E-state index is 11.9. The summed E-state index contributed by atoms with van der Waals surface area (Å²) in [5.41, 5.74) is 0. The lowest BCUT2D eigenvalue weighted by atomic mass is 10.2. The third-order valence-electron chi connectivity index (χ3n) is 2.57. The van der Waals surface area contributed by atoms with Gasteiger partial charge in [-0.25, -0.2) is 0 Å². The quantitative estimate of drug-likeness (QED) is 0.523. The van der Waals surface area contributed by atoms with Crippen molar-refractivity contribution in [2.45, 2.75) is 39.5 Å². The van der Waals surface area contributed by atoms with Gasteiger partial charge in [0, 0.05) is 20.2 Å². The van der Waals surface area contributed by atoms with Crippen LogP contribution >= 0.6 is 0 Å². The smallest absolute Gasteiger partial charge is 0.248 e. The number of nitrogens with zero attached hydrogens (tertiary/aromatic N) is 1. The lowest BCUT2D eigenvalue weighted by molar-refractivity contribution is -0.136. The molecule has 0 aromatic rings. The van der Waals surface area contributed by atoms with Crippen molar-refractivity contribution < 1.29 is 14.3 Å². The average molecular weight is 245 g/mol. The second-order valence-electron chi connectivity index (χ2n) is 4.13. The minimum absolute atomic E-state index is 0.100. The Hall–Kier alpha value is -0.610. The number of carbonyl (C=O) groups is 1. The number of methoxy groups -OCH3 is 1. The first-order valence-corrected chi connectivity index (χ1v) is 6.60. The number of unbranched alkanes of at least 4 members (excludes halogenated alkanes) is 2. The van der Waals surface area contributed by atoms with E-state index in [9.17, 15) is 4.79 Å². The Kier molecular flexibility index (Phi) is 11.4. The fourth-order valence-corrected chi connectivity index (χ4v) is 1.45. The lowest BCUT2D eigenvalue weighted by Crippen LogP contribution is -2.36. The zero-order chi connectivity index (χ0) is 12.9. The molecule has 4 nitrogen and oxygen atoms in total. The van der Waals surface area contributed by atoms with Crippen molar-refractivity contribution in [1.29, 1.82) is 0 Å². The van der Waals surface area contributed by atoms with Gasteiger partial charge < -0.3 is 14.4 Å². The Balaban J connectivity index is 3.85. The van der Waals surface area contributed by atoms with E-state index in [-0.39, 0.29) is 12.5 Å². The molecule has 0 bridgehead atoms. The van der Waals surface area contributed by atoms with Gasteiger partial charge in [-0.15, -0.1) is 0 Å². The van der Waals surface area contributed by atoms with Crippen LogP contribution in [-0.4, -0.2) is 50.8 Å². The van der Waals surface area contributed by atoms with Crippen LogP contribution in [0, 0.1) is 0 Å². The van der Waals surface area contributed by atoms with Gasteiger partial charge in [0.1, 0.15) is 6.61 Å². The molecule has 0 heterocycles. The van der Waals surface area contributed by atoms with E-state index < -0.39 is 0 Å². The van der Waals surface area contributed by atoms with Gasteiger partial charge in [-0.3, -0.25) is 4.79 Å². The van der Waals surface area contributed by atoms with Crippen LogP contribution in [0.25, 0.3) is 0 Å². The predicted molar refractivity (Wildman–Crippen MR) is 69.1 cm³/mol. The standard InChI is InChI=1S/C13H27NO3/c1-4-6-8-14(9-7-5-2)13(15)12-17-11-10-16-3/h4-12H2,1-3H3. The van der Waals surface area contributed by atoms with Gasteiger partial charge in [-0.1, -0.05) is 26.7 Å². The minimum atomic E-state index is 0.100. The summed E-state index contributed by atoms with van der Waals surface area (Å²) in [6.07, 6.45) is 4.35. The van der Waals surface area contributed by atoms with Crippen molar-refractivity contribution >= 4 is 5.91 Å². The number of ether oxygens (including phenoxy) is 2. The van der Waals surface area contributed by atoms with E-state index in [4.69, 9.17) is 9.47 Å². The van der Waals surface area contributed by atoms with Crippen molar-refractivity contribution in [3.8, 4) is 0 Å². The summed E-state index contributed by atoms with van der Waals surface area (Å²) >= 11 is 0. The first kappa shape index (κ1) is 16.4. The molecule has 0 atom stereocenters. The van der Waals surface area contributed by atoms with E-state index >= 15 is 0 Å². The molecule has 0 aliphatic rings.